The van der Waals surface area contributed by atoms with Crippen LogP contribution in [0.3, 0.4) is 0 Å². The van der Waals surface area contributed by atoms with Gasteiger partial charge in [-0.1, -0.05) is 56.5 Å². The zero-order valence-electron chi connectivity index (χ0n) is 11.6. The Morgan fingerprint density at radius 2 is 2.05 bits per heavy atom. The first kappa shape index (κ1) is 17.9. The minimum atomic E-state index is -0.896. The lowest BCUT2D eigenvalue weighted by Gasteiger charge is -2.38. The maximum absolute atomic E-state index is 12.5. The number of ketones is 1. The maximum Gasteiger partial charge on any atom is 0.188 e. The van der Waals surface area contributed by atoms with Crippen LogP contribution in [0.4, 0.5) is 0 Å². The lowest BCUT2D eigenvalue weighted by atomic mass is 9.75. The number of rotatable bonds is 3. The Bertz CT molecular complexity index is 459. The summed E-state index contributed by atoms with van der Waals surface area (Å²) in [7, 11) is 0. The molecule has 0 bridgehead atoms. The third kappa shape index (κ3) is 3.34. The first-order chi connectivity index (χ1) is 9.65. The Labute approximate surface area is 136 Å². The molecule has 0 amide bonds. The van der Waals surface area contributed by atoms with Crippen LogP contribution in [0.25, 0.3) is 0 Å². The predicted octanol–water partition coefficient (Wildman–Crippen LogP) is 3.98. The Hall–Kier alpha value is -0.200. The van der Waals surface area contributed by atoms with Crippen molar-refractivity contribution in [1.29, 1.82) is 0 Å². The Morgan fingerprint density at radius 1 is 1.40 bits per heavy atom. The van der Waals surface area contributed by atoms with Gasteiger partial charge >= 0.3 is 0 Å². The van der Waals surface area contributed by atoms with Gasteiger partial charge in [0, 0.05) is 5.02 Å². The highest BCUT2D eigenvalue weighted by Crippen LogP contribution is 2.39. The van der Waals surface area contributed by atoms with E-state index in [4.69, 9.17) is 15.8 Å². The zero-order valence-corrected chi connectivity index (χ0v) is 14.1. The topological polar surface area (TPSA) is 38.3 Å². The molecular formula is C14H20ClNO2S2. The molecule has 1 unspecified atom stereocenters. The molecule has 3 nitrogen and oxygen atoms in total. The number of nitrogens with one attached hydrogen (secondary N) is 1. The van der Waals surface area contributed by atoms with Gasteiger partial charge in [-0.05, 0) is 43.8 Å². The number of Topliss-reactive ketones (excluding diaryl/α,β-unsaturated/α-hetero) is 1. The molecule has 0 heterocycles. The van der Waals surface area contributed by atoms with E-state index in [2.05, 4.69) is 30.4 Å². The fraction of sp³-hybridized carbons (Fsp3) is 0.500. The second-order valence-electron chi connectivity index (χ2n) is 4.35. The standard InChI is InChI=1S/C12H14ClNO2S2.C2H6/c13-9-5-2-1-4-8(9)12(14-17)7-3-6-10(16-18)11(12)15;1-2/h1-2,4-5,10,14,17-18H,3,6-7H2;1-2H3/t10?,12-;/m1./s1. The normalized spacial score (nSPS) is 25.9. The molecule has 0 saturated heterocycles. The summed E-state index contributed by atoms with van der Waals surface area (Å²) in [6.45, 7) is 4.00. The SMILES string of the molecule is CC.O=C1C(OS)CCC[C@@]1(NS)c1ccccc1Cl. The van der Waals surface area contributed by atoms with Crippen molar-refractivity contribution in [2.24, 2.45) is 0 Å². The van der Waals surface area contributed by atoms with Gasteiger partial charge in [0.15, 0.2) is 5.78 Å². The third-order valence-corrected chi connectivity index (χ3v) is 4.35. The fourth-order valence-electron chi connectivity index (χ4n) is 2.43. The fourth-order valence-corrected chi connectivity index (χ4v) is 3.27. The number of thiol groups is 2. The minimum absolute atomic E-state index is 0.0770. The van der Waals surface area contributed by atoms with Crippen molar-refractivity contribution in [1.82, 2.24) is 4.72 Å². The van der Waals surface area contributed by atoms with Crippen LogP contribution < -0.4 is 4.72 Å². The molecule has 1 aromatic carbocycles. The van der Waals surface area contributed by atoms with E-state index < -0.39 is 11.6 Å². The lowest BCUT2D eigenvalue weighted by Crippen LogP contribution is -2.53. The van der Waals surface area contributed by atoms with Crippen molar-refractivity contribution < 1.29 is 8.98 Å². The first-order valence-corrected chi connectivity index (χ1v) is 7.85. The molecule has 0 radical (unpaired) electrons. The van der Waals surface area contributed by atoms with Crippen LogP contribution in [-0.4, -0.2) is 11.9 Å². The quantitative estimate of drug-likeness (QED) is 0.578. The molecule has 1 aliphatic carbocycles. The summed E-state index contributed by atoms with van der Waals surface area (Å²) >= 11 is 14.1. The van der Waals surface area contributed by atoms with E-state index in [0.29, 0.717) is 17.9 Å². The average Bonchev–Trinajstić information content (AvgIpc) is 2.51. The predicted molar refractivity (Wildman–Crippen MR) is 89.3 cm³/mol. The molecule has 0 aliphatic heterocycles. The first-order valence-electron chi connectivity index (χ1n) is 6.66. The molecule has 20 heavy (non-hydrogen) atoms. The molecule has 0 spiro atoms. The van der Waals surface area contributed by atoms with Crippen molar-refractivity contribution in [3.05, 3.63) is 34.9 Å². The molecule has 1 N–H and O–H groups in total. The Kier molecular flexibility index (Phi) is 7.40. The van der Waals surface area contributed by atoms with E-state index >= 15 is 0 Å². The number of hydrogen-bond donors (Lipinski definition) is 3. The number of halogens is 1. The second-order valence-corrected chi connectivity index (χ2v) is 5.19. The summed E-state index contributed by atoms with van der Waals surface area (Å²) in [6, 6.07) is 7.29. The van der Waals surface area contributed by atoms with Crippen LogP contribution >= 0.6 is 37.3 Å². The van der Waals surface area contributed by atoms with Crippen LogP contribution in [0.1, 0.15) is 38.7 Å². The number of hydrogen-bond acceptors (Lipinski definition) is 5. The van der Waals surface area contributed by atoms with Gasteiger partial charge in [-0.25, -0.2) is 4.72 Å². The van der Waals surface area contributed by atoms with Gasteiger partial charge in [0.05, 0.1) is 0 Å². The molecule has 2 rings (SSSR count). The van der Waals surface area contributed by atoms with Crippen LogP contribution in [-0.2, 0) is 14.5 Å². The summed E-state index contributed by atoms with van der Waals surface area (Å²) in [5.74, 6) is -0.0770. The maximum atomic E-state index is 12.5. The highest BCUT2D eigenvalue weighted by Gasteiger charge is 2.46. The van der Waals surface area contributed by atoms with E-state index in [-0.39, 0.29) is 5.78 Å². The Balaban J connectivity index is 0.000000956. The average molecular weight is 334 g/mol. The van der Waals surface area contributed by atoms with Crippen molar-refractivity contribution >= 4 is 43.1 Å². The van der Waals surface area contributed by atoms with Crippen molar-refractivity contribution in [3.63, 3.8) is 0 Å². The largest absolute Gasteiger partial charge is 0.307 e. The van der Waals surface area contributed by atoms with Gasteiger partial charge < -0.3 is 4.18 Å². The minimum Gasteiger partial charge on any atom is -0.307 e. The summed E-state index contributed by atoms with van der Waals surface area (Å²) in [5.41, 5.74) is -0.158. The van der Waals surface area contributed by atoms with Gasteiger partial charge in [-0.3, -0.25) is 4.79 Å². The monoisotopic (exact) mass is 333 g/mol. The molecule has 2 atom stereocenters. The van der Waals surface area contributed by atoms with Crippen molar-refractivity contribution in [2.75, 3.05) is 0 Å². The van der Waals surface area contributed by atoms with Crippen LogP contribution in [0.15, 0.2) is 24.3 Å². The molecule has 1 fully saturated rings. The third-order valence-electron chi connectivity index (χ3n) is 3.38. The smallest absolute Gasteiger partial charge is 0.188 e. The van der Waals surface area contributed by atoms with Gasteiger partial charge in [0.1, 0.15) is 11.6 Å². The van der Waals surface area contributed by atoms with Gasteiger partial charge in [0.2, 0.25) is 0 Å². The van der Waals surface area contributed by atoms with Gasteiger partial charge in [0.25, 0.3) is 0 Å². The Morgan fingerprint density at radius 3 is 2.60 bits per heavy atom. The number of carbonyl (C=O) groups is 1. The van der Waals surface area contributed by atoms with Crippen LogP contribution in [0.5, 0.6) is 0 Å². The summed E-state index contributed by atoms with van der Waals surface area (Å²) in [4.78, 5) is 12.5. The molecule has 112 valence electrons. The van der Waals surface area contributed by atoms with E-state index in [1.165, 1.54) is 0 Å². The second kappa shape index (κ2) is 8.29. The molecule has 1 aliphatic rings. The van der Waals surface area contributed by atoms with Gasteiger partial charge in [-0.2, -0.15) is 0 Å². The van der Waals surface area contributed by atoms with E-state index in [0.717, 1.165) is 12.0 Å². The van der Waals surface area contributed by atoms with Gasteiger partial charge in [-0.15, -0.1) is 0 Å². The van der Waals surface area contributed by atoms with Crippen molar-refractivity contribution in [2.45, 2.75) is 44.8 Å². The van der Waals surface area contributed by atoms with E-state index in [1.807, 2.05) is 32.0 Å². The molecular weight excluding hydrogens is 314 g/mol. The lowest BCUT2D eigenvalue weighted by molar-refractivity contribution is -0.134. The molecule has 6 heteroatoms. The van der Waals surface area contributed by atoms with Crippen LogP contribution in [0, 0.1) is 0 Å². The van der Waals surface area contributed by atoms with E-state index in [1.54, 1.807) is 6.07 Å². The van der Waals surface area contributed by atoms with Crippen LogP contribution in [0.2, 0.25) is 5.02 Å². The summed E-state index contributed by atoms with van der Waals surface area (Å²) in [6.07, 6.45) is 1.63. The summed E-state index contributed by atoms with van der Waals surface area (Å²) < 4.78 is 7.78. The molecule has 1 saturated carbocycles. The van der Waals surface area contributed by atoms with E-state index in [9.17, 15) is 4.79 Å². The summed E-state index contributed by atoms with van der Waals surface area (Å²) in [5, 5.41) is 0.548. The molecule has 0 aromatic heterocycles. The highest BCUT2D eigenvalue weighted by atomic mass is 35.5. The zero-order chi connectivity index (χ0) is 15.2. The highest BCUT2D eigenvalue weighted by molar-refractivity contribution is 7.78. The van der Waals surface area contributed by atoms with Crippen molar-refractivity contribution in [3.8, 4) is 0 Å². The number of carbonyl (C=O) groups excluding carboxylic acids is 1. The number of benzene rings is 1. The molecule has 1 aromatic rings.